The lowest BCUT2D eigenvalue weighted by atomic mass is 10.2. The number of anilines is 2. The lowest BCUT2D eigenvalue weighted by molar-refractivity contribution is -0.123. The molecule has 5 heterocycles. The summed E-state index contributed by atoms with van der Waals surface area (Å²) < 4.78 is 22.1. The number of pyridine rings is 1. The van der Waals surface area contributed by atoms with Crippen LogP contribution < -0.4 is 15.4 Å². The van der Waals surface area contributed by atoms with E-state index in [0.29, 0.717) is 71.3 Å². The number of rotatable bonds is 5. The normalized spacial score (nSPS) is 21.1. The number of carbonyl (C=O) groups is 1. The second-order valence-electron chi connectivity index (χ2n) is 9.89. The molecule has 0 bridgehead atoms. The number of thioether (sulfide) groups is 1. The molecule has 3 fully saturated rings. The van der Waals surface area contributed by atoms with Gasteiger partial charge in [0, 0.05) is 39.0 Å². The Balaban J connectivity index is 1.35. The van der Waals surface area contributed by atoms with Crippen molar-refractivity contribution in [2.75, 3.05) is 49.1 Å². The summed E-state index contributed by atoms with van der Waals surface area (Å²) in [4.78, 5) is 38.1. The molecule has 0 aliphatic carbocycles. The summed E-state index contributed by atoms with van der Waals surface area (Å²) in [6.07, 6.45) is 5.18. The highest BCUT2D eigenvalue weighted by atomic mass is 32.2. The van der Waals surface area contributed by atoms with Crippen LogP contribution in [0.25, 0.3) is 11.7 Å². The average molecular weight is 566 g/mol. The number of aromatic nitrogens is 2. The van der Waals surface area contributed by atoms with E-state index in [9.17, 15) is 14.0 Å². The van der Waals surface area contributed by atoms with Crippen LogP contribution in [0.15, 0.2) is 52.3 Å². The highest BCUT2D eigenvalue weighted by Gasteiger charge is 2.35. The molecule has 3 aliphatic heterocycles. The van der Waals surface area contributed by atoms with Gasteiger partial charge in [0.05, 0.1) is 28.8 Å². The second-order valence-corrected chi connectivity index (χ2v) is 11.6. The molecule has 8 nitrogen and oxygen atoms in total. The zero-order valence-electron chi connectivity index (χ0n) is 21.5. The molecule has 11 heteroatoms. The van der Waals surface area contributed by atoms with Crippen LogP contribution in [0.1, 0.15) is 24.0 Å². The van der Waals surface area contributed by atoms with Crippen molar-refractivity contribution in [3.05, 3.63) is 74.8 Å². The first kappa shape index (κ1) is 26.0. The number of fused-ring (bicyclic) bond motifs is 1. The summed E-state index contributed by atoms with van der Waals surface area (Å²) in [7, 11) is 0. The second kappa shape index (κ2) is 10.7. The maximum atomic E-state index is 14.4. The van der Waals surface area contributed by atoms with E-state index in [1.54, 1.807) is 29.3 Å². The molecule has 1 atom stereocenters. The number of hydrogen-bond donors (Lipinski definition) is 0. The molecule has 3 saturated heterocycles. The van der Waals surface area contributed by atoms with Gasteiger partial charge in [-0.2, -0.15) is 0 Å². The first-order chi connectivity index (χ1) is 18.9. The molecular weight excluding hydrogens is 537 g/mol. The van der Waals surface area contributed by atoms with Gasteiger partial charge in [-0.15, -0.1) is 0 Å². The smallest absolute Gasteiger partial charge is 0.267 e. The molecule has 1 aromatic carbocycles. The summed E-state index contributed by atoms with van der Waals surface area (Å²) in [6, 6.07) is 10.5. The van der Waals surface area contributed by atoms with Gasteiger partial charge in [0.15, 0.2) is 0 Å². The number of piperazine rings is 1. The van der Waals surface area contributed by atoms with Crippen molar-refractivity contribution in [1.82, 2.24) is 14.3 Å². The van der Waals surface area contributed by atoms with Gasteiger partial charge in [0.25, 0.3) is 11.5 Å². The van der Waals surface area contributed by atoms with Crippen LogP contribution in [0, 0.1) is 12.7 Å². The molecule has 6 rings (SSSR count). The number of carbonyl (C=O) groups excluding carboxylic acids is 1. The van der Waals surface area contributed by atoms with Crippen LogP contribution in [0.2, 0.25) is 0 Å². The van der Waals surface area contributed by atoms with E-state index in [0.717, 1.165) is 18.4 Å². The fraction of sp³-hybridized carbons (Fsp3) is 0.357. The third-order valence-corrected chi connectivity index (χ3v) is 8.77. The Labute approximate surface area is 235 Å². The van der Waals surface area contributed by atoms with Gasteiger partial charge in [-0.05, 0) is 49.6 Å². The quantitative estimate of drug-likeness (QED) is 0.342. The molecule has 0 N–H and O–H groups in total. The maximum Gasteiger partial charge on any atom is 0.267 e. The summed E-state index contributed by atoms with van der Waals surface area (Å²) in [5.74, 6) is 0.0470. The zero-order chi connectivity index (χ0) is 27.1. The first-order valence-electron chi connectivity index (χ1n) is 13.0. The fourth-order valence-electron chi connectivity index (χ4n) is 5.32. The number of halogens is 1. The molecule has 202 valence electrons. The largest absolute Gasteiger partial charge is 0.376 e. The van der Waals surface area contributed by atoms with Crippen molar-refractivity contribution in [1.29, 1.82) is 0 Å². The number of amides is 1. The van der Waals surface area contributed by atoms with Gasteiger partial charge in [0.1, 0.15) is 21.6 Å². The van der Waals surface area contributed by atoms with Crippen molar-refractivity contribution < 1.29 is 13.9 Å². The van der Waals surface area contributed by atoms with Crippen molar-refractivity contribution in [2.24, 2.45) is 0 Å². The Morgan fingerprint density at radius 2 is 1.90 bits per heavy atom. The summed E-state index contributed by atoms with van der Waals surface area (Å²) >= 11 is 6.73. The Bertz CT molecular complexity index is 1540. The van der Waals surface area contributed by atoms with Crippen LogP contribution >= 0.6 is 24.0 Å². The Morgan fingerprint density at radius 1 is 1.13 bits per heavy atom. The molecule has 2 aromatic heterocycles. The number of ether oxygens (including phenoxy) is 1. The maximum absolute atomic E-state index is 14.4. The third kappa shape index (κ3) is 4.94. The van der Waals surface area contributed by atoms with Crippen LogP contribution in [0.3, 0.4) is 0 Å². The molecule has 1 unspecified atom stereocenters. The summed E-state index contributed by atoms with van der Waals surface area (Å²) in [5, 5.41) is 0. The third-order valence-electron chi connectivity index (χ3n) is 7.40. The Kier molecular flexibility index (Phi) is 7.13. The Morgan fingerprint density at radius 3 is 2.64 bits per heavy atom. The highest BCUT2D eigenvalue weighted by molar-refractivity contribution is 8.26. The minimum Gasteiger partial charge on any atom is -0.376 e. The predicted molar refractivity (Wildman–Crippen MR) is 156 cm³/mol. The van der Waals surface area contributed by atoms with Crippen molar-refractivity contribution in [2.45, 2.75) is 25.9 Å². The molecule has 0 radical (unpaired) electrons. The minimum atomic E-state index is -0.255. The number of hydrogen-bond acceptors (Lipinski definition) is 8. The van der Waals surface area contributed by atoms with Crippen LogP contribution in [0.4, 0.5) is 15.9 Å². The zero-order valence-corrected chi connectivity index (χ0v) is 23.1. The number of aryl methyl sites for hydroxylation is 1. The molecule has 3 aromatic rings. The van der Waals surface area contributed by atoms with Gasteiger partial charge in [0.2, 0.25) is 0 Å². The van der Waals surface area contributed by atoms with E-state index in [-0.39, 0.29) is 23.4 Å². The number of nitrogens with zero attached hydrogens (tertiary/aromatic N) is 5. The van der Waals surface area contributed by atoms with E-state index in [4.69, 9.17) is 21.9 Å². The number of thiocarbonyl (C=S) groups is 1. The topological polar surface area (TPSA) is 70.4 Å². The van der Waals surface area contributed by atoms with Crippen molar-refractivity contribution in [3.63, 3.8) is 0 Å². The minimum absolute atomic E-state index is 0.0240. The van der Waals surface area contributed by atoms with E-state index >= 15 is 0 Å². The van der Waals surface area contributed by atoms with Gasteiger partial charge < -0.3 is 14.5 Å². The van der Waals surface area contributed by atoms with Crippen molar-refractivity contribution >= 4 is 57.4 Å². The molecule has 39 heavy (non-hydrogen) atoms. The summed E-state index contributed by atoms with van der Waals surface area (Å²) in [6.45, 7) is 5.26. The van der Waals surface area contributed by atoms with Crippen LogP contribution in [0.5, 0.6) is 0 Å². The van der Waals surface area contributed by atoms with E-state index in [1.165, 1.54) is 22.2 Å². The van der Waals surface area contributed by atoms with Gasteiger partial charge >= 0.3 is 0 Å². The lowest BCUT2D eigenvalue weighted by Gasteiger charge is -2.37. The molecule has 3 aliphatic rings. The number of benzene rings is 1. The van der Waals surface area contributed by atoms with E-state index in [1.807, 2.05) is 34.9 Å². The van der Waals surface area contributed by atoms with E-state index < -0.39 is 0 Å². The SMILES string of the molecule is Cc1cccn2c(=O)c(/C=C3\SC(=S)N(CC4CCCO4)C3=O)c(N3CCN(c4ccccc4F)CC3)nc12. The molecule has 0 saturated carbocycles. The highest BCUT2D eigenvalue weighted by Crippen LogP contribution is 2.35. The number of para-hydroxylation sites is 1. The van der Waals surface area contributed by atoms with Gasteiger partial charge in [-0.1, -0.05) is 42.2 Å². The standard InChI is InChI=1S/C28H28FN5O3S2/c1-18-6-4-10-33-24(18)30-25(32-13-11-31(12-14-32)22-9-3-2-8-21(22)29)20(26(33)35)16-23-27(36)34(28(38)39-23)17-19-7-5-15-37-19/h2-4,6,8-10,16,19H,5,7,11-15,17H2,1H3/b23-16-. The van der Waals surface area contributed by atoms with Crippen LogP contribution in [-0.2, 0) is 9.53 Å². The van der Waals surface area contributed by atoms with Gasteiger partial charge in [-0.25, -0.2) is 9.37 Å². The summed E-state index contributed by atoms with van der Waals surface area (Å²) in [5.41, 5.74) is 2.09. The van der Waals surface area contributed by atoms with Gasteiger partial charge in [-0.3, -0.25) is 18.9 Å². The lowest BCUT2D eigenvalue weighted by Crippen LogP contribution is -2.47. The first-order valence-corrected chi connectivity index (χ1v) is 14.3. The molecule has 0 spiro atoms. The van der Waals surface area contributed by atoms with E-state index in [2.05, 4.69) is 0 Å². The monoisotopic (exact) mass is 565 g/mol. The van der Waals surface area contributed by atoms with Crippen molar-refractivity contribution in [3.8, 4) is 0 Å². The molecule has 1 amide bonds. The van der Waals surface area contributed by atoms with Crippen LogP contribution in [-0.4, -0.2) is 69.9 Å². The predicted octanol–water partition coefficient (Wildman–Crippen LogP) is 3.85. The average Bonchev–Trinajstić information content (AvgIpc) is 3.55. The molecular formula is C28H28FN5O3S2. The fourth-order valence-corrected chi connectivity index (χ4v) is 6.57. The Hall–Kier alpha value is -3.28.